The van der Waals surface area contributed by atoms with Crippen LogP contribution in [0.5, 0.6) is 5.75 Å². The third-order valence-electron chi connectivity index (χ3n) is 2.86. The summed E-state index contributed by atoms with van der Waals surface area (Å²) in [5.74, 6) is 0.273. The lowest BCUT2D eigenvalue weighted by Gasteiger charge is -2.15. The van der Waals surface area contributed by atoms with Crippen LogP contribution in [0.1, 0.15) is 24.1 Å². The average molecular weight is 359 g/mol. The molecule has 0 fully saturated rings. The molecule has 0 bridgehead atoms. The molecule has 0 saturated carbocycles. The molecule has 0 aliphatic rings. The third-order valence-corrected chi connectivity index (χ3v) is 3.59. The maximum absolute atomic E-state index is 13.7. The molecule has 0 amide bonds. The number of hydrogen-bond acceptors (Lipinski definition) is 2. The highest BCUT2D eigenvalue weighted by Gasteiger charge is 2.10. The van der Waals surface area contributed by atoms with Gasteiger partial charge in [0.25, 0.3) is 0 Å². The molecule has 2 aromatic rings. The molecular formula is C15H14BrClFNO. The minimum atomic E-state index is -0.378. The minimum absolute atomic E-state index is 0.129. The highest BCUT2D eigenvalue weighted by atomic mass is 79.9. The first kappa shape index (κ1) is 15.3. The zero-order chi connectivity index (χ0) is 14.7. The van der Waals surface area contributed by atoms with Crippen molar-refractivity contribution in [2.45, 2.75) is 19.6 Å². The quantitative estimate of drug-likeness (QED) is 0.848. The molecule has 0 unspecified atom stereocenters. The van der Waals surface area contributed by atoms with Gasteiger partial charge in [0.05, 0.1) is 0 Å². The molecule has 20 heavy (non-hydrogen) atoms. The van der Waals surface area contributed by atoms with Crippen molar-refractivity contribution < 1.29 is 9.13 Å². The molecule has 0 heterocycles. The second-order valence-corrected chi connectivity index (χ2v) is 5.85. The normalized spacial score (nSPS) is 12.2. The van der Waals surface area contributed by atoms with Crippen molar-refractivity contribution in [3.63, 3.8) is 0 Å². The number of nitrogens with two attached hydrogens (primary N) is 1. The van der Waals surface area contributed by atoms with Crippen molar-refractivity contribution >= 4 is 27.5 Å². The van der Waals surface area contributed by atoms with Crippen molar-refractivity contribution in [1.82, 2.24) is 0 Å². The lowest BCUT2D eigenvalue weighted by atomic mass is 10.1. The molecular weight excluding hydrogens is 345 g/mol. The molecule has 0 aromatic heterocycles. The van der Waals surface area contributed by atoms with Crippen molar-refractivity contribution in [2.24, 2.45) is 5.73 Å². The summed E-state index contributed by atoms with van der Waals surface area (Å²) in [5, 5.41) is 0.367. The smallest absolute Gasteiger partial charge is 0.131 e. The molecule has 2 rings (SSSR count). The van der Waals surface area contributed by atoms with E-state index >= 15 is 0 Å². The van der Waals surface area contributed by atoms with E-state index in [0.29, 0.717) is 16.3 Å². The van der Waals surface area contributed by atoms with Gasteiger partial charge in [0.2, 0.25) is 0 Å². The summed E-state index contributed by atoms with van der Waals surface area (Å²) in [7, 11) is 0. The predicted molar refractivity (Wildman–Crippen MR) is 82.5 cm³/mol. The van der Waals surface area contributed by atoms with Crippen molar-refractivity contribution in [1.29, 1.82) is 0 Å². The number of rotatable bonds is 4. The Hall–Kier alpha value is -1.10. The van der Waals surface area contributed by atoms with Crippen LogP contribution in [0.4, 0.5) is 4.39 Å². The van der Waals surface area contributed by atoms with Gasteiger partial charge in [-0.3, -0.25) is 0 Å². The van der Waals surface area contributed by atoms with E-state index in [1.165, 1.54) is 6.07 Å². The maximum atomic E-state index is 13.7. The van der Waals surface area contributed by atoms with E-state index < -0.39 is 0 Å². The zero-order valence-electron chi connectivity index (χ0n) is 10.9. The lowest BCUT2D eigenvalue weighted by molar-refractivity contribution is 0.295. The Morgan fingerprint density at radius 2 is 2.05 bits per heavy atom. The molecule has 2 aromatic carbocycles. The Morgan fingerprint density at radius 1 is 1.30 bits per heavy atom. The van der Waals surface area contributed by atoms with Crippen LogP contribution >= 0.6 is 27.5 Å². The van der Waals surface area contributed by atoms with Gasteiger partial charge in [-0.25, -0.2) is 4.39 Å². The molecule has 2 N–H and O–H groups in total. The van der Waals surface area contributed by atoms with Gasteiger partial charge in [0, 0.05) is 26.7 Å². The lowest BCUT2D eigenvalue weighted by Crippen LogP contribution is -2.08. The van der Waals surface area contributed by atoms with Crippen LogP contribution in [0.15, 0.2) is 40.9 Å². The van der Waals surface area contributed by atoms with Gasteiger partial charge in [0.15, 0.2) is 0 Å². The van der Waals surface area contributed by atoms with Gasteiger partial charge in [-0.05, 0) is 37.3 Å². The zero-order valence-corrected chi connectivity index (χ0v) is 13.2. The summed E-state index contributed by atoms with van der Waals surface area (Å²) < 4.78 is 20.3. The SMILES string of the molecule is C[C@@H](N)c1cc(Br)ccc1OCc1ccc(Cl)cc1F. The number of benzene rings is 2. The van der Waals surface area contributed by atoms with Crippen LogP contribution in [-0.2, 0) is 6.61 Å². The van der Waals surface area contributed by atoms with Crippen LogP contribution in [0.25, 0.3) is 0 Å². The first-order valence-corrected chi connectivity index (χ1v) is 7.26. The van der Waals surface area contributed by atoms with Crippen LogP contribution in [0, 0.1) is 5.82 Å². The Morgan fingerprint density at radius 3 is 2.70 bits per heavy atom. The van der Waals surface area contributed by atoms with Crippen LogP contribution in [0.2, 0.25) is 5.02 Å². The summed E-state index contributed by atoms with van der Waals surface area (Å²) >= 11 is 9.11. The molecule has 0 spiro atoms. The topological polar surface area (TPSA) is 35.2 Å². The fourth-order valence-electron chi connectivity index (χ4n) is 1.80. The predicted octanol–water partition coefficient (Wildman–Crippen LogP) is 4.84. The summed E-state index contributed by atoms with van der Waals surface area (Å²) in [5.41, 5.74) is 7.23. The second kappa shape index (κ2) is 6.57. The Kier molecular flexibility index (Phi) is 5.02. The molecule has 2 nitrogen and oxygen atoms in total. The highest BCUT2D eigenvalue weighted by molar-refractivity contribution is 9.10. The van der Waals surface area contributed by atoms with E-state index in [1.54, 1.807) is 12.1 Å². The Labute approximate surface area is 130 Å². The number of hydrogen-bond donors (Lipinski definition) is 1. The monoisotopic (exact) mass is 357 g/mol. The van der Waals surface area contributed by atoms with Crippen molar-refractivity contribution in [2.75, 3.05) is 0 Å². The van der Waals surface area contributed by atoms with Gasteiger partial charge in [-0.15, -0.1) is 0 Å². The summed E-state index contributed by atoms with van der Waals surface area (Å²) in [6, 6.07) is 9.93. The van der Waals surface area contributed by atoms with E-state index in [0.717, 1.165) is 10.0 Å². The number of ether oxygens (including phenoxy) is 1. The van der Waals surface area contributed by atoms with Gasteiger partial charge in [-0.2, -0.15) is 0 Å². The molecule has 5 heteroatoms. The van der Waals surface area contributed by atoms with E-state index in [-0.39, 0.29) is 18.5 Å². The second-order valence-electron chi connectivity index (χ2n) is 4.50. The van der Waals surface area contributed by atoms with E-state index in [9.17, 15) is 4.39 Å². The largest absolute Gasteiger partial charge is 0.488 e. The Bertz CT molecular complexity index is 619. The van der Waals surface area contributed by atoms with E-state index in [2.05, 4.69) is 15.9 Å². The summed E-state index contributed by atoms with van der Waals surface area (Å²) in [4.78, 5) is 0. The third kappa shape index (κ3) is 3.72. The molecule has 106 valence electrons. The number of halogens is 3. The van der Waals surface area contributed by atoms with Crippen molar-refractivity contribution in [3.8, 4) is 5.75 Å². The summed E-state index contributed by atoms with van der Waals surface area (Å²) in [6.07, 6.45) is 0. The van der Waals surface area contributed by atoms with E-state index in [1.807, 2.05) is 25.1 Å². The molecule has 1 atom stereocenters. The molecule has 0 aliphatic heterocycles. The first-order valence-electron chi connectivity index (χ1n) is 6.09. The van der Waals surface area contributed by atoms with Crippen LogP contribution < -0.4 is 10.5 Å². The maximum Gasteiger partial charge on any atom is 0.131 e. The van der Waals surface area contributed by atoms with Crippen LogP contribution in [-0.4, -0.2) is 0 Å². The molecule has 0 aliphatic carbocycles. The minimum Gasteiger partial charge on any atom is -0.488 e. The van der Waals surface area contributed by atoms with Crippen LogP contribution in [0.3, 0.4) is 0 Å². The summed E-state index contributed by atoms with van der Waals surface area (Å²) in [6.45, 7) is 2.00. The van der Waals surface area contributed by atoms with Gasteiger partial charge >= 0.3 is 0 Å². The van der Waals surface area contributed by atoms with Gasteiger partial charge in [0.1, 0.15) is 18.2 Å². The Balaban J connectivity index is 2.18. The fourth-order valence-corrected chi connectivity index (χ4v) is 2.34. The fraction of sp³-hybridized carbons (Fsp3) is 0.200. The van der Waals surface area contributed by atoms with Crippen molar-refractivity contribution in [3.05, 3.63) is 62.8 Å². The highest BCUT2D eigenvalue weighted by Crippen LogP contribution is 2.28. The molecule has 0 radical (unpaired) electrons. The van der Waals surface area contributed by atoms with Gasteiger partial charge < -0.3 is 10.5 Å². The first-order chi connectivity index (χ1) is 9.47. The van der Waals surface area contributed by atoms with Gasteiger partial charge in [-0.1, -0.05) is 33.6 Å². The molecule has 0 saturated heterocycles. The van der Waals surface area contributed by atoms with E-state index in [4.69, 9.17) is 22.1 Å². The average Bonchev–Trinajstić information content (AvgIpc) is 2.38. The standard InChI is InChI=1S/C15H14BrClFNO/c1-9(19)13-6-11(16)3-5-15(13)20-8-10-2-4-12(17)7-14(10)18/h2-7,9H,8,19H2,1H3/t9-/m1/s1.